The van der Waals surface area contributed by atoms with Gasteiger partial charge in [0.05, 0.1) is 13.2 Å². The van der Waals surface area contributed by atoms with Crippen molar-refractivity contribution in [2.75, 3.05) is 19.1 Å². The molecule has 0 heterocycles. The molecule has 1 N–H and O–H groups in total. The van der Waals surface area contributed by atoms with Crippen LogP contribution in [0, 0.1) is 0 Å². The minimum atomic E-state index is -0.370. The summed E-state index contributed by atoms with van der Waals surface area (Å²) < 4.78 is 5.34. The number of aliphatic hydroxyl groups excluding tert-OH is 1. The van der Waals surface area contributed by atoms with Crippen LogP contribution in [-0.2, 0) is 0 Å². The van der Waals surface area contributed by atoms with Crippen molar-refractivity contribution in [3.8, 4) is 5.75 Å². The first-order valence-corrected chi connectivity index (χ1v) is 7.34. The molecule has 0 aliphatic carbocycles. The highest BCUT2D eigenvalue weighted by Gasteiger charge is 2.12. The number of hydrogen-bond donors (Lipinski definition) is 1. The average molecular weight is 254 g/mol. The molecule has 1 unspecified atom stereocenters. The molecule has 1 atom stereocenters. The summed E-state index contributed by atoms with van der Waals surface area (Å²) in [5.74, 6) is 2.28. The van der Waals surface area contributed by atoms with E-state index < -0.39 is 0 Å². The second-order valence-corrected chi connectivity index (χ2v) is 5.44. The van der Waals surface area contributed by atoms with Gasteiger partial charge < -0.3 is 9.84 Å². The van der Waals surface area contributed by atoms with Crippen molar-refractivity contribution >= 4 is 11.8 Å². The predicted molar refractivity (Wildman–Crippen MR) is 75.0 cm³/mol. The summed E-state index contributed by atoms with van der Waals surface area (Å²) in [5.41, 5.74) is 2.15. The highest BCUT2D eigenvalue weighted by Crippen LogP contribution is 2.30. The molecular weight excluding hydrogens is 232 g/mol. The van der Waals surface area contributed by atoms with Crippen molar-refractivity contribution < 1.29 is 9.84 Å². The van der Waals surface area contributed by atoms with Gasteiger partial charge in [0.15, 0.2) is 0 Å². The minimum Gasteiger partial charge on any atom is -0.496 e. The average Bonchev–Trinajstić information content (AvgIpc) is 2.34. The third-order valence-electron chi connectivity index (χ3n) is 2.86. The largest absolute Gasteiger partial charge is 0.496 e. The molecule has 0 amide bonds. The molecule has 0 saturated heterocycles. The Kier molecular flexibility index (Phi) is 5.86. The second kappa shape index (κ2) is 6.92. The predicted octanol–water partition coefficient (Wildman–Crippen LogP) is 3.61. The molecule has 0 fully saturated rings. The number of thioether (sulfide) groups is 1. The first-order valence-electron chi connectivity index (χ1n) is 5.95. The van der Waals surface area contributed by atoms with Crippen LogP contribution in [0.15, 0.2) is 18.2 Å². The Morgan fingerprint density at radius 2 is 2.06 bits per heavy atom. The molecule has 2 nitrogen and oxygen atoms in total. The summed E-state index contributed by atoms with van der Waals surface area (Å²) in [4.78, 5) is 0. The summed E-state index contributed by atoms with van der Waals surface area (Å²) in [6.45, 7) is 4.27. The molecule has 0 aromatic heterocycles. The molecule has 1 rings (SSSR count). The fourth-order valence-electron chi connectivity index (χ4n) is 1.81. The van der Waals surface area contributed by atoms with E-state index in [-0.39, 0.29) is 6.10 Å². The molecule has 0 aliphatic heterocycles. The fourth-order valence-corrected chi connectivity index (χ4v) is 2.27. The van der Waals surface area contributed by atoms with Crippen LogP contribution in [0.5, 0.6) is 5.75 Å². The van der Waals surface area contributed by atoms with Gasteiger partial charge in [-0.25, -0.2) is 0 Å². The summed E-state index contributed by atoms with van der Waals surface area (Å²) in [5, 5.41) is 10.1. The zero-order chi connectivity index (χ0) is 12.8. The van der Waals surface area contributed by atoms with Crippen LogP contribution in [0.2, 0.25) is 0 Å². The summed E-state index contributed by atoms with van der Waals surface area (Å²) in [7, 11) is 1.69. The summed E-state index contributed by atoms with van der Waals surface area (Å²) >= 11 is 1.76. The Morgan fingerprint density at radius 3 is 2.59 bits per heavy atom. The van der Waals surface area contributed by atoms with E-state index in [0.29, 0.717) is 5.92 Å². The lowest BCUT2D eigenvalue weighted by Gasteiger charge is -2.16. The first kappa shape index (κ1) is 14.4. The topological polar surface area (TPSA) is 29.5 Å². The van der Waals surface area contributed by atoms with Crippen LogP contribution in [0.1, 0.15) is 43.4 Å². The number of aliphatic hydroxyl groups is 1. The van der Waals surface area contributed by atoms with Gasteiger partial charge in [0.25, 0.3) is 0 Å². The molecule has 0 bridgehead atoms. The van der Waals surface area contributed by atoms with Crippen molar-refractivity contribution in [3.05, 3.63) is 29.3 Å². The zero-order valence-electron chi connectivity index (χ0n) is 11.1. The quantitative estimate of drug-likeness (QED) is 0.841. The number of hydrogen-bond acceptors (Lipinski definition) is 3. The molecule has 0 radical (unpaired) electrons. The summed E-state index contributed by atoms with van der Waals surface area (Å²) in [6.07, 6.45) is 2.48. The molecule has 1 aromatic rings. The van der Waals surface area contributed by atoms with Crippen molar-refractivity contribution in [3.63, 3.8) is 0 Å². The smallest absolute Gasteiger partial charge is 0.122 e. The number of benzene rings is 1. The third-order valence-corrected chi connectivity index (χ3v) is 3.50. The molecule has 0 spiro atoms. The molecule has 0 aliphatic rings. The van der Waals surface area contributed by atoms with Crippen LogP contribution >= 0.6 is 11.8 Å². The maximum Gasteiger partial charge on any atom is 0.122 e. The van der Waals surface area contributed by atoms with Gasteiger partial charge in [0.1, 0.15) is 5.75 Å². The number of rotatable bonds is 6. The van der Waals surface area contributed by atoms with Gasteiger partial charge in [-0.15, -0.1) is 0 Å². The number of methoxy groups -OCH3 is 1. The molecule has 96 valence electrons. The van der Waals surface area contributed by atoms with Gasteiger partial charge in [0.2, 0.25) is 0 Å². The molecule has 3 heteroatoms. The van der Waals surface area contributed by atoms with Gasteiger partial charge >= 0.3 is 0 Å². The highest BCUT2D eigenvalue weighted by molar-refractivity contribution is 7.98. The van der Waals surface area contributed by atoms with E-state index in [1.54, 1.807) is 18.9 Å². The lowest BCUT2D eigenvalue weighted by Crippen LogP contribution is -2.02. The Balaban J connectivity index is 2.91. The van der Waals surface area contributed by atoms with Gasteiger partial charge in [-0.3, -0.25) is 0 Å². The maximum absolute atomic E-state index is 10.1. The van der Waals surface area contributed by atoms with E-state index >= 15 is 0 Å². The van der Waals surface area contributed by atoms with Crippen LogP contribution < -0.4 is 4.74 Å². The SMILES string of the molecule is COc1ccc(C(O)CCSC)cc1C(C)C. The Hall–Kier alpha value is -0.670. The lowest BCUT2D eigenvalue weighted by atomic mass is 9.97. The van der Waals surface area contributed by atoms with Crippen molar-refractivity contribution in [2.45, 2.75) is 32.3 Å². The molecule has 0 saturated carbocycles. The maximum atomic E-state index is 10.1. The van der Waals surface area contributed by atoms with Crippen molar-refractivity contribution in [1.29, 1.82) is 0 Å². The Morgan fingerprint density at radius 1 is 1.35 bits per heavy atom. The van der Waals surface area contributed by atoms with Crippen LogP contribution in [0.25, 0.3) is 0 Å². The standard InChI is InChI=1S/C14H22O2S/c1-10(2)12-9-11(5-6-14(12)16-3)13(15)7-8-17-4/h5-6,9-10,13,15H,7-8H2,1-4H3. The van der Waals surface area contributed by atoms with E-state index in [4.69, 9.17) is 4.74 Å². The van der Waals surface area contributed by atoms with E-state index in [0.717, 1.165) is 29.1 Å². The lowest BCUT2D eigenvalue weighted by molar-refractivity contribution is 0.175. The first-order chi connectivity index (χ1) is 8.10. The van der Waals surface area contributed by atoms with Gasteiger partial charge in [-0.05, 0) is 47.6 Å². The van der Waals surface area contributed by atoms with Gasteiger partial charge in [-0.1, -0.05) is 19.9 Å². The highest BCUT2D eigenvalue weighted by atomic mass is 32.2. The van der Waals surface area contributed by atoms with Crippen LogP contribution in [0.4, 0.5) is 0 Å². The van der Waals surface area contributed by atoms with Gasteiger partial charge in [0, 0.05) is 0 Å². The van der Waals surface area contributed by atoms with E-state index in [1.165, 1.54) is 0 Å². The zero-order valence-corrected chi connectivity index (χ0v) is 11.9. The molecule has 1 aromatic carbocycles. The molecule has 17 heavy (non-hydrogen) atoms. The van der Waals surface area contributed by atoms with Crippen LogP contribution in [0.3, 0.4) is 0 Å². The fraction of sp³-hybridized carbons (Fsp3) is 0.571. The normalized spacial score (nSPS) is 12.8. The number of ether oxygens (including phenoxy) is 1. The van der Waals surface area contributed by atoms with E-state index in [9.17, 15) is 5.11 Å². The Bertz CT molecular complexity index is 350. The van der Waals surface area contributed by atoms with E-state index in [1.807, 2.05) is 12.1 Å². The molecular formula is C14H22O2S. The Labute approximate surface area is 108 Å². The summed E-state index contributed by atoms with van der Waals surface area (Å²) in [6, 6.07) is 5.97. The van der Waals surface area contributed by atoms with Crippen molar-refractivity contribution in [2.24, 2.45) is 0 Å². The van der Waals surface area contributed by atoms with Crippen molar-refractivity contribution in [1.82, 2.24) is 0 Å². The monoisotopic (exact) mass is 254 g/mol. The van der Waals surface area contributed by atoms with Gasteiger partial charge in [-0.2, -0.15) is 11.8 Å². The minimum absolute atomic E-state index is 0.370. The van der Waals surface area contributed by atoms with E-state index in [2.05, 4.69) is 26.2 Å². The third kappa shape index (κ3) is 3.93. The van der Waals surface area contributed by atoms with Crippen LogP contribution in [-0.4, -0.2) is 24.2 Å². The second-order valence-electron chi connectivity index (χ2n) is 4.45.